The molecule has 0 saturated carbocycles. The Hall–Kier alpha value is -3.02. The van der Waals surface area contributed by atoms with Crippen LogP contribution in [0.5, 0.6) is 0 Å². The minimum absolute atomic E-state index is 0.271. The van der Waals surface area contributed by atoms with Crippen molar-refractivity contribution in [2.45, 2.75) is 45.3 Å². The van der Waals surface area contributed by atoms with Gasteiger partial charge in [0, 0.05) is 25.2 Å². The van der Waals surface area contributed by atoms with Crippen molar-refractivity contribution in [3.05, 3.63) is 52.2 Å². The number of piperidine rings is 2. The highest BCUT2D eigenvalue weighted by atomic mass is 16.5. The molecule has 1 aromatic heterocycles. The second kappa shape index (κ2) is 8.73. The number of benzene rings is 1. The third-order valence-electron chi connectivity index (χ3n) is 7.83. The first-order chi connectivity index (χ1) is 16.0. The van der Waals surface area contributed by atoms with E-state index in [-0.39, 0.29) is 5.97 Å². The number of carbonyl (C=O) groups is 1. The maximum absolute atomic E-state index is 11.8. The molecule has 0 aliphatic carbocycles. The van der Waals surface area contributed by atoms with Crippen LogP contribution in [0.2, 0.25) is 0 Å². The van der Waals surface area contributed by atoms with Crippen LogP contribution in [-0.4, -0.2) is 58.9 Å². The lowest BCUT2D eigenvalue weighted by Crippen LogP contribution is -2.47. The van der Waals surface area contributed by atoms with Crippen LogP contribution in [0.25, 0.3) is 0 Å². The highest BCUT2D eigenvalue weighted by molar-refractivity contribution is 5.93. The summed E-state index contributed by atoms with van der Waals surface area (Å²) in [6, 6.07) is 9.28. The Kier molecular flexibility index (Phi) is 5.77. The van der Waals surface area contributed by atoms with Crippen molar-refractivity contribution in [3.8, 4) is 6.07 Å². The van der Waals surface area contributed by atoms with Gasteiger partial charge in [-0.25, -0.2) is 4.79 Å². The number of esters is 1. The van der Waals surface area contributed by atoms with Gasteiger partial charge in [0.1, 0.15) is 12.7 Å². The van der Waals surface area contributed by atoms with E-state index in [1.165, 1.54) is 0 Å². The minimum Gasteiger partial charge on any atom is -0.457 e. The third kappa shape index (κ3) is 4.19. The second-order valence-electron chi connectivity index (χ2n) is 9.57. The first-order valence-electron chi connectivity index (χ1n) is 11.7. The van der Waals surface area contributed by atoms with E-state index in [9.17, 15) is 9.90 Å². The molecule has 3 aliphatic rings. The van der Waals surface area contributed by atoms with Crippen LogP contribution >= 0.6 is 0 Å². The van der Waals surface area contributed by atoms with Gasteiger partial charge >= 0.3 is 5.97 Å². The maximum Gasteiger partial charge on any atom is 0.338 e. The number of rotatable bonds is 4. The first kappa shape index (κ1) is 21.8. The number of carbonyl (C=O) groups excluding carboxylic acids is 1. The predicted molar refractivity (Wildman–Crippen MR) is 122 cm³/mol. The number of cyclic esters (lactones) is 1. The van der Waals surface area contributed by atoms with Crippen LogP contribution < -0.4 is 4.90 Å². The lowest BCUT2D eigenvalue weighted by molar-refractivity contribution is 0.0447. The van der Waals surface area contributed by atoms with Gasteiger partial charge in [-0.3, -0.25) is 0 Å². The Labute approximate surface area is 193 Å². The van der Waals surface area contributed by atoms with Gasteiger partial charge in [-0.1, -0.05) is 6.07 Å². The molecule has 5 rings (SSSR count). The molecule has 1 atom stereocenters. The van der Waals surface area contributed by atoms with Crippen molar-refractivity contribution in [1.82, 2.24) is 15.1 Å². The first-order valence-corrected chi connectivity index (χ1v) is 11.7. The number of anilines is 1. The lowest BCUT2D eigenvalue weighted by Gasteiger charge is -2.47. The van der Waals surface area contributed by atoms with Gasteiger partial charge in [-0.15, -0.1) is 10.2 Å². The number of fused-ring (bicyclic) bond motifs is 1. The topological polar surface area (TPSA) is 103 Å². The number of aliphatic hydroxyl groups excluding tert-OH is 1. The van der Waals surface area contributed by atoms with E-state index in [4.69, 9.17) is 10.00 Å². The minimum atomic E-state index is -0.572. The number of β-amino-alcohol motifs (C(OH)–C–C–N with tert-alkyl or cyclic N) is 1. The van der Waals surface area contributed by atoms with Crippen LogP contribution in [0.15, 0.2) is 24.3 Å². The molecule has 2 aromatic rings. The summed E-state index contributed by atoms with van der Waals surface area (Å²) in [5, 5.41) is 28.0. The summed E-state index contributed by atoms with van der Waals surface area (Å²) in [6.45, 7) is 6.77. The number of hydrogen-bond acceptors (Lipinski definition) is 8. The molecule has 1 spiro atoms. The number of aliphatic hydroxyl groups is 1. The van der Waals surface area contributed by atoms with Crippen molar-refractivity contribution in [1.29, 1.82) is 5.26 Å². The van der Waals surface area contributed by atoms with Gasteiger partial charge in [-0.05, 0) is 80.4 Å². The number of ether oxygens (including phenoxy) is 1. The van der Waals surface area contributed by atoms with Gasteiger partial charge in [0.2, 0.25) is 0 Å². The zero-order valence-electron chi connectivity index (χ0n) is 19.0. The van der Waals surface area contributed by atoms with Crippen LogP contribution in [0.1, 0.15) is 64.5 Å². The summed E-state index contributed by atoms with van der Waals surface area (Å²) in [5.74, 6) is 0.578. The number of nitriles is 1. The summed E-state index contributed by atoms with van der Waals surface area (Å²) in [6.07, 6.45) is 3.96. The van der Waals surface area contributed by atoms with Crippen LogP contribution in [0.4, 0.5) is 5.82 Å². The maximum atomic E-state index is 11.8. The van der Waals surface area contributed by atoms with E-state index in [0.717, 1.165) is 74.4 Å². The quantitative estimate of drug-likeness (QED) is 0.714. The average molecular weight is 448 g/mol. The molecule has 2 saturated heterocycles. The van der Waals surface area contributed by atoms with E-state index < -0.39 is 6.10 Å². The Morgan fingerprint density at radius 3 is 2.52 bits per heavy atom. The van der Waals surface area contributed by atoms with Crippen molar-refractivity contribution in [3.63, 3.8) is 0 Å². The number of aromatic nitrogens is 2. The van der Waals surface area contributed by atoms with Gasteiger partial charge < -0.3 is 19.6 Å². The van der Waals surface area contributed by atoms with E-state index in [1.807, 2.05) is 25.1 Å². The van der Waals surface area contributed by atoms with Crippen molar-refractivity contribution < 1.29 is 14.6 Å². The van der Waals surface area contributed by atoms with Crippen LogP contribution in [-0.2, 0) is 11.3 Å². The Morgan fingerprint density at radius 2 is 1.85 bits per heavy atom. The highest BCUT2D eigenvalue weighted by Gasteiger charge is 2.38. The zero-order valence-corrected chi connectivity index (χ0v) is 19.0. The molecule has 8 heteroatoms. The molecular formula is C25H29N5O3. The average Bonchev–Trinajstić information content (AvgIpc) is 3.23. The smallest absolute Gasteiger partial charge is 0.338 e. The summed E-state index contributed by atoms with van der Waals surface area (Å²) < 4.78 is 5.14. The summed E-state index contributed by atoms with van der Waals surface area (Å²) in [7, 11) is 0. The van der Waals surface area contributed by atoms with E-state index >= 15 is 0 Å². The van der Waals surface area contributed by atoms with Gasteiger partial charge in [0.05, 0.1) is 11.7 Å². The zero-order chi connectivity index (χ0) is 23.0. The molecule has 1 unspecified atom stereocenters. The van der Waals surface area contributed by atoms with Crippen LogP contribution in [0, 0.1) is 23.7 Å². The summed E-state index contributed by atoms with van der Waals surface area (Å²) in [4.78, 5) is 16.4. The normalized spacial score (nSPS) is 20.9. The molecule has 3 aliphatic heterocycles. The molecular weight excluding hydrogens is 418 g/mol. The predicted octanol–water partition coefficient (Wildman–Crippen LogP) is 2.74. The van der Waals surface area contributed by atoms with Crippen molar-refractivity contribution in [2.75, 3.05) is 37.6 Å². The molecule has 0 amide bonds. The Balaban J connectivity index is 1.15. The van der Waals surface area contributed by atoms with E-state index in [1.54, 1.807) is 12.1 Å². The van der Waals surface area contributed by atoms with Gasteiger partial charge in [0.15, 0.2) is 11.5 Å². The molecule has 8 nitrogen and oxygen atoms in total. The van der Waals surface area contributed by atoms with E-state index in [2.05, 4.69) is 20.0 Å². The van der Waals surface area contributed by atoms with Crippen molar-refractivity contribution in [2.24, 2.45) is 5.41 Å². The van der Waals surface area contributed by atoms with Gasteiger partial charge in [-0.2, -0.15) is 5.26 Å². The summed E-state index contributed by atoms with van der Waals surface area (Å²) in [5.41, 5.74) is 4.11. The number of likely N-dealkylation sites (tertiary alicyclic amines) is 1. The molecule has 4 heterocycles. The monoisotopic (exact) mass is 447 g/mol. The second-order valence-corrected chi connectivity index (χ2v) is 9.57. The Morgan fingerprint density at radius 1 is 1.12 bits per heavy atom. The lowest BCUT2D eigenvalue weighted by atomic mass is 9.71. The number of hydrogen-bond donors (Lipinski definition) is 1. The standard InChI is InChI=1S/C25H29N5O3/c1-17-19(3-4-20-21(17)16-33-24(20)32)22(31)15-29-10-6-25(7-11-29)8-12-30(13-9-25)23-5-2-18(14-26)27-28-23/h2-5,22,31H,6-13,15-16H2,1H3. The largest absolute Gasteiger partial charge is 0.457 e. The summed E-state index contributed by atoms with van der Waals surface area (Å²) >= 11 is 0. The fraction of sp³-hybridized carbons (Fsp3) is 0.520. The molecule has 2 fully saturated rings. The fourth-order valence-corrected chi connectivity index (χ4v) is 5.55. The van der Waals surface area contributed by atoms with E-state index in [0.29, 0.717) is 29.8 Å². The highest BCUT2D eigenvalue weighted by Crippen LogP contribution is 2.42. The third-order valence-corrected chi connectivity index (χ3v) is 7.83. The Bertz CT molecular complexity index is 1080. The molecule has 0 bridgehead atoms. The molecule has 172 valence electrons. The molecule has 33 heavy (non-hydrogen) atoms. The molecule has 1 aromatic carbocycles. The van der Waals surface area contributed by atoms with Crippen molar-refractivity contribution >= 4 is 11.8 Å². The van der Waals surface area contributed by atoms with Gasteiger partial charge in [0.25, 0.3) is 0 Å². The number of nitrogens with zero attached hydrogens (tertiary/aromatic N) is 5. The van der Waals surface area contributed by atoms with Crippen LogP contribution in [0.3, 0.4) is 0 Å². The SMILES string of the molecule is Cc1c(C(O)CN2CCC3(CC2)CCN(c2ccc(C#N)nn2)CC3)ccc2c1COC2=O. The molecule has 1 N–H and O–H groups in total. The molecule has 0 radical (unpaired) electrons. The fourth-order valence-electron chi connectivity index (χ4n) is 5.55.